The van der Waals surface area contributed by atoms with Gasteiger partial charge in [0.25, 0.3) is 5.91 Å². The third-order valence-corrected chi connectivity index (χ3v) is 5.37. The van der Waals surface area contributed by atoms with Gasteiger partial charge in [-0.2, -0.15) is 5.10 Å². The van der Waals surface area contributed by atoms with Crippen molar-refractivity contribution in [1.82, 2.24) is 19.3 Å². The number of aromatic nitrogens is 4. The first-order chi connectivity index (χ1) is 14.9. The Morgan fingerprint density at radius 3 is 2.58 bits per heavy atom. The second kappa shape index (κ2) is 8.78. The lowest BCUT2D eigenvalue weighted by atomic mass is 10.0. The van der Waals surface area contributed by atoms with Crippen molar-refractivity contribution in [2.24, 2.45) is 0 Å². The molecule has 0 saturated heterocycles. The maximum atomic E-state index is 13.0. The molecule has 0 radical (unpaired) electrons. The molecule has 2 heterocycles. The molecule has 6 nitrogen and oxygen atoms in total. The summed E-state index contributed by atoms with van der Waals surface area (Å²) in [4.78, 5) is 17.3. The average molecular weight is 434 g/mol. The predicted octanol–water partition coefficient (Wildman–Crippen LogP) is 5.45. The van der Waals surface area contributed by atoms with E-state index >= 15 is 0 Å². The lowest BCUT2D eigenvalue weighted by molar-refractivity contribution is 0.102. The van der Waals surface area contributed by atoms with Crippen LogP contribution >= 0.6 is 11.6 Å². The molecule has 7 heteroatoms. The van der Waals surface area contributed by atoms with Gasteiger partial charge in [0.15, 0.2) is 0 Å². The maximum Gasteiger partial charge on any atom is 0.259 e. The van der Waals surface area contributed by atoms with Crippen LogP contribution in [0.3, 0.4) is 0 Å². The predicted molar refractivity (Wildman–Crippen MR) is 123 cm³/mol. The summed E-state index contributed by atoms with van der Waals surface area (Å²) in [7, 11) is 0. The van der Waals surface area contributed by atoms with Crippen LogP contribution in [0.5, 0.6) is 0 Å². The minimum absolute atomic E-state index is 0.100. The number of hydrogen-bond acceptors (Lipinski definition) is 3. The molecule has 0 saturated carbocycles. The molecule has 0 fully saturated rings. The first kappa shape index (κ1) is 20.9. The second-order valence-electron chi connectivity index (χ2n) is 7.74. The van der Waals surface area contributed by atoms with Gasteiger partial charge in [0.2, 0.25) is 0 Å². The van der Waals surface area contributed by atoms with Gasteiger partial charge in [0.05, 0.1) is 23.1 Å². The fourth-order valence-electron chi connectivity index (χ4n) is 3.56. The van der Waals surface area contributed by atoms with Crippen molar-refractivity contribution in [3.05, 3.63) is 94.8 Å². The van der Waals surface area contributed by atoms with E-state index in [1.807, 2.05) is 75.5 Å². The van der Waals surface area contributed by atoms with E-state index in [4.69, 9.17) is 11.6 Å². The van der Waals surface area contributed by atoms with E-state index in [-0.39, 0.29) is 11.8 Å². The highest BCUT2D eigenvalue weighted by Gasteiger charge is 2.21. The van der Waals surface area contributed by atoms with Crippen molar-refractivity contribution in [3.63, 3.8) is 0 Å². The summed E-state index contributed by atoms with van der Waals surface area (Å²) >= 11 is 6.14. The third kappa shape index (κ3) is 4.54. The molecule has 2 aromatic carbocycles. The van der Waals surface area contributed by atoms with Crippen LogP contribution < -0.4 is 5.32 Å². The summed E-state index contributed by atoms with van der Waals surface area (Å²) in [5.74, 6) is 0.883. The van der Waals surface area contributed by atoms with Gasteiger partial charge in [-0.05, 0) is 48.7 Å². The van der Waals surface area contributed by atoms with Gasteiger partial charge in [-0.25, -0.2) is 9.67 Å². The molecular weight excluding hydrogens is 410 g/mol. The van der Waals surface area contributed by atoms with E-state index < -0.39 is 0 Å². The summed E-state index contributed by atoms with van der Waals surface area (Å²) < 4.78 is 3.86. The number of amides is 1. The summed E-state index contributed by atoms with van der Waals surface area (Å²) in [6.45, 7) is 6.80. The number of benzene rings is 2. The van der Waals surface area contributed by atoms with Gasteiger partial charge >= 0.3 is 0 Å². The fraction of sp³-hybridized carbons (Fsp3) is 0.208. The molecule has 1 amide bonds. The molecule has 0 spiro atoms. The molecular formula is C24H24ClN5O. The van der Waals surface area contributed by atoms with Gasteiger partial charge < -0.3 is 9.88 Å². The SMILES string of the molecule is Cc1nccn1Cc1ccc(NC(=O)c2cnn(-c3cccc(Cl)c3)c2C(C)C)cc1. The van der Waals surface area contributed by atoms with Crippen LogP contribution in [0.1, 0.15) is 47.2 Å². The van der Waals surface area contributed by atoms with Crippen LogP contribution in [0.2, 0.25) is 5.02 Å². The number of hydrogen-bond donors (Lipinski definition) is 1. The first-order valence-corrected chi connectivity index (χ1v) is 10.5. The van der Waals surface area contributed by atoms with Gasteiger partial charge in [-0.15, -0.1) is 0 Å². The minimum Gasteiger partial charge on any atom is -0.331 e. The molecule has 158 valence electrons. The van der Waals surface area contributed by atoms with Crippen molar-refractivity contribution in [2.45, 2.75) is 33.2 Å². The van der Waals surface area contributed by atoms with Crippen molar-refractivity contribution in [1.29, 1.82) is 0 Å². The largest absolute Gasteiger partial charge is 0.331 e. The maximum absolute atomic E-state index is 13.0. The number of aryl methyl sites for hydroxylation is 1. The lowest BCUT2D eigenvalue weighted by Crippen LogP contribution is -2.15. The zero-order valence-corrected chi connectivity index (χ0v) is 18.5. The summed E-state index contributed by atoms with van der Waals surface area (Å²) in [5.41, 5.74) is 4.09. The van der Waals surface area contributed by atoms with E-state index in [0.717, 1.165) is 35.0 Å². The molecule has 0 aliphatic heterocycles. The Balaban J connectivity index is 1.54. The zero-order chi connectivity index (χ0) is 22.0. The zero-order valence-electron chi connectivity index (χ0n) is 17.7. The number of carbonyl (C=O) groups is 1. The third-order valence-electron chi connectivity index (χ3n) is 5.14. The number of rotatable bonds is 6. The van der Waals surface area contributed by atoms with E-state index in [9.17, 15) is 4.79 Å². The van der Waals surface area contributed by atoms with Crippen LogP contribution in [0.25, 0.3) is 5.69 Å². The molecule has 0 bridgehead atoms. The number of nitrogens with one attached hydrogen (secondary N) is 1. The van der Waals surface area contributed by atoms with Crippen molar-refractivity contribution in [2.75, 3.05) is 5.32 Å². The van der Waals surface area contributed by atoms with Crippen molar-refractivity contribution in [3.8, 4) is 5.69 Å². The molecule has 0 atom stereocenters. The van der Waals surface area contributed by atoms with Gasteiger partial charge in [-0.3, -0.25) is 4.79 Å². The van der Waals surface area contributed by atoms with Crippen LogP contribution in [-0.2, 0) is 6.54 Å². The van der Waals surface area contributed by atoms with E-state index in [1.54, 1.807) is 17.1 Å². The van der Waals surface area contributed by atoms with Crippen LogP contribution in [-0.4, -0.2) is 25.2 Å². The standard InChI is InChI=1S/C24H24ClN5O/c1-16(2)23-22(14-27-30(23)21-6-4-5-19(25)13-21)24(31)28-20-9-7-18(8-10-20)15-29-12-11-26-17(29)3/h4-14,16H,15H2,1-3H3,(H,28,31). The Labute approximate surface area is 186 Å². The number of carbonyl (C=O) groups excluding carboxylic acids is 1. The fourth-order valence-corrected chi connectivity index (χ4v) is 3.75. The Morgan fingerprint density at radius 2 is 1.94 bits per heavy atom. The molecule has 31 heavy (non-hydrogen) atoms. The number of halogens is 1. The normalized spacial score (nSPS) is 11.1. The number of imidazole rings is 1. The highest BCUT2D eigenvalue weighted by Crippen LogP contribution is 2.25. The highest BCUT2D eigenvalue weighted by molar-refractivity contribution is 6.30. The Bertz CT molecular complexity index is 1210. The molecule has 2 aromatic heterocycles. The van der Waals surface area contributed by atoms with Crippen molar-refractivity contribution < 1.29 is 4.79 Å². The Morgan fingerprint density at radius 1 is 1.16 bits per heavy atom. The quantitative estimate of drug-likeness (QED) is 0.439. The average Bonchev–Trinajstić information content (AvgIpc) is 3.36. The minimum atomic E-state index is -0.185. The Hall–Kier alpha value is -3.38. The summed E-state index contributed by atoms with van der Waals surface area (Å²) in [6, 6.07) is 15.3. The monoisotopic (exact) mass is 433 g/mol. The Kier molecular flexibility index (Phi) is 5.91. The second-order valence-corrected chi connectivity index (χ2v) is 8.18. The molecule has 4 aromatic rings. The molecule has 4 rings (SSSR count). The van der Waals surface area contributed by atoms with Crippen LogP contribution in [0.4, 0.5) is 5.69 Å². The van der Waals surface area contributed by atoms with Crippen LogP contribution in [0, 0.1) is 6.92 Å². The smallest absolute Gasteiger partial charge is 0.259 e. The number of nitrogens with zero attached hydrogens (tertiary/aromatic N) is 4. The summed E-state index contributed by atoms with van der Waals surface area (Å²) in [6.07, 6.45) is 5.36. The topological polar surface area (TPSA) is 64.7 Å². The molecule has 0 aliphatic carbocycles. The van der Waals surface area contributed by atoms with Gasteiger partial charge in [0.1, 0.15) is 5.82 Å². The van der Waals surface area contributed by atoms with Crippen molar-refractivity contribution >= 4 is 23.2 Å². The van der Waals surface area contributed by atoms with E-state index in [2.05, 4.69) is 20.0 Å². The van der Waals surface area contributed by atoms with Crippen LogP contribution in [0.15, 0.2) is 67.1 Å². The van der Waals surface area contributed by atoms with E-state index in [0.29, 0.717) is 10.6 Å². The highest BCUT2D eigenvalue weighted by atomic mass is 35.5. The van der Waals surface area contributed by atoms with Gasteiger partial charge in [0, 0.05) is 29.6 Å². The molecule has 1 N–H and O–H groups in total. The number of anilines is 1. The summed E-state index contributed by atoms with van der Waals surface area (Å²) in [5, 5.41) is 8.08. The lowest BCUT2D eigenvalue weighted by Gasteiger charge is -2.13. The van der Waals surface area contributed by atoms with Gasteiger partial charge in [-0.1, -0.05) is 43.6 Å². The molecule has 0 unspecified atom stereocenters. The first-order valence-electron chi connectivity index (χ1n) is 10.1. The van der Waals surface area contributed by atoms with E-state index in [1.165, 1.54) is 0 Å². The molecule has 0 aliphatic rings.